The fourth-order valence-electron chi connectivity index (χ4n) is 0.906. The zero-order valence-electron chi connectivity index (χ0n) is 7.54. The number of carbonyl (C=O) groups excluding carboxylic acids is 1. The third kappa shape index (κ3) is 3.52. The molecule has 5 heteroatoms. The highest BCUT2D eigenvalue weighted by Crippen LogP contribution is 2.09. The first kappa shape index (κ1) is 10.1. The van der Waals surface area contributed by atoms with Gasteiger partial charge in [-0.1, -0.05) is 6.92 Å². The Balaban J connectivity index is 2.32. The zero-order valence-corrected chi connectivity index (χ0v) is 8.36. The number of rotatable bonds is 5. The second kappa shape index (κ2) is 4.94. The van der Waals surface area contributed by atoms with Gasteiger partial charge in [-0.15, -0.1) is 11.3 Å². The average molecular weight is 199 g/mol. The van der Waals surface area contributed by atoms with Gasteiger partial charge in [0.15, 0.2) is 0 Å². The van der Waals surface area contributed by atoms with Crippen LogP contribution in [0.2, 0.25) is 0 Å². The summed E-state index contributed by atoms with van der Waals surface area (Å²) in [5, 5.41) is 6.02. The Morgan fingerprint density at radius 1 is 1.77 bits per heavy atom. The number of aryl methyl sites for hydroxylation is 1. The highest BCUT2D eigenvalue weighted by atomic mass is 32.1. The molecule has 0 fully saturated rings. The van der Waals surface area contributed by atoms with E-state index in [2.05, 4.69) is 17.2 Å². The lowest BCUT2D eigenvalue weighted by atomic mass is 10.4. The molecule has 0 aliphatic rings. The predicted octanol–water partition coefficient (Wildman–Crippen LogP) is 0.280. The third-order valence-electron chi connectivity index (χ3n) is 1.51. The fraction of sp³-hybridized carbons (Fsp3) is 0.500. The van der Waals surface area contributed by atoms with Gasteiger partial charge in [0.1, 0.15) is 0 Å². The van der Waals surface area contributed by atoms with Crippen molar-refractivity contribution in [2.45, 2.75) is 19.9 Å². The van der Waals surface area contributed by atoms with Crippen molar-refractivity contribution in [3.05, 3.63) is 16.1 Å². The molecule has 0 radical (unpaired) electrons. The van der Waals surface area contributed by atoms with Crippen molar-refractivity contribution in [1.82, 2.24) is 10.3 Å². The van der Waals surface area contributed by atoms with Gasteiger partial charge in [-0.05, 0) is 6.42 Å². The molecule has 3 N–H and O–H groups in total. The minimum Gasteiger partial charge on any atom is -0.369 e. The van der Waals surface area contributed by atoms with Crippen molar-refractivity contribution < 1.29 is 4.79 Å². The predicted molar refractivity (Wildman–Crippen MR) is 52.4 cm³/mol. The van der Waals surface area contributed by atoms with E-state index in [4.69, 9.17) is 5.73 Å². The Morgan fingerprint density at radius 2 is 2.54 bits per heavy atom. The lowest BCUT2D eigenvalue weighted by Crippen LogP contribution is -2.28. The van der Waals surface area contributed by atoms with Crippen molar-refractivity contribution in [2.24, 2.45) is 5.73 Å². The van der Waals surface area contributed by atoms with E-state index in [1.165, 1.54) is 0 Å². The highest BCUT2D eigenvalue weighted by Gasteiger charge is 2.00. The molecule has 0 saturated heterocycles. The fourth-order valence-corrected chi connectivity index (χ4v) is 1.65. The van der Waals surface area contributed by atoms with E-state index in [1.807, 2.05) is 5.38 Å². The molecule has 0 aromatic carbocycles. The van der Waals surface area contributed by atoms with Crippen LogP contribution in [-0.4, -0.2) is 17.4 Å². The van der Waals surface area contributed by atoms with Crippen LogP contribution in [0.25, 0.3) is 0 Å². The summed E-state index contributed by atoms with van der Waals surface area (Å²) >= 11 is 1.64. The topological polar surface area (TPSA) is 68.0 Å². The van der Waals surface area contributed by atoms with E-state index in [-0.39, 0.29) is 12.5 Å². The van der Waals surface area contributed by atoms with Gasteiger partial charge in [0.05, 0.1) is 17.2 Å². The quantitative estimate of drug-likeness (QED) is 0.715. The van der Waals surface area contributed by atoms with Crippen molar-refractivity contribution in [1.29, 1.82) is 0 Å². The van der Waals surface area contributed by atoms with Crippen molar-refractivity contribution >= 4 is 17.2 Å². The van der Waals surface area contributed by atoms with Crippen LogP contribution < -0.4 is 11.1 Å². The van der Waals surface area contributed by atoms with E-state index < -0.39 is 0 Å². The smallest absolute Gasteiger partial charge is 0.231 e. The van der Waals surface area contributed by atoms with Gasteiger partial charge in [-0.25, -0.2) is 4.98 Å². The van der Waals surface area contributed by atoms with Crippen molar-refractivity contribution in [3.63, 3.8) is 0 Å². The molecule has 0 unspecified atom stereocenters. The van der Waals surface area contributed by atoms with E-state index >= 15 is 0 Å². The van der Waals surface area contributed by atoms with Crippen LogP contribution >= 0.6 is 11.3 Å². The van der Waals surface area contributed by atoms with E-state index in [9.17, 15) is 4.79 Å². The Kier molecular flexibility index (Phi) is 3.85. The van der Waals surface area contributed by atoms with Crippen LogP contribution in [-0.2, 0) is 17.8 Å². The number of hydrogen-bond acceptors (Lipinski definition) is 4. The summed E-state index contributed by atoms with van der Waals surface area (Å²) in [5.74, 6) is -0.342. The molecule has 1 heterocycles. The maximum absolute atomic E-state index is 10.4. The molecule has 0 saturated carbocycles. The minimum atomic E-state index is -0.342. The van der Waals surface area contributed by atoms with Gasteiger partial charge in [-0.3, -0.25) is 4.79 Å². The lowest BCUT2D eigenvalue weighted by Gasteiger charge is -1.97. The standard InChI is InChI=1S/C8H13N3OS/c1-2-8-11-6(5-13-8)3-10-4-7(9)12/h5,10H,2-4H2,1H3,(H2,9,12). The number of thiazole rings is 1. The van der Waals surface area contributed by atoms with Crippen LogP contribution in [0.3, 0.4) is 0 Å². The first-order valence-electron chi connectivity index (χ1n) is 4.14. The van der Waals surface area contributed by atoms with Gasteiger partial charge in [0.2, 0.25) is 5.91 Å². The molecular weight excluding hydrogens is 186 g/mol. The lowest BCUT2D eigenvalue weighted by molar-refractivity contribution is -0.117. The SMILES string of the molecule is CCc1nc(CNCC(N)=O)cs1. The molecule has 0 spiro atoms. The summed E-state index contributed by atoms with van der Waals surface area (Å²) < 4.78 is 0. The van der Waals surface area contributed by atoms with E-state index in [0.29, 0.717) is 6.54 Å². The third-order valence-corrected chi connectivity index (χ3v) is 2.55. The second-order valence-electron chi connectivity index (χ2n) is 2.66. The second-order valence-corrected chi connectivity index (χ2v) is 3.60. The van der Waals surface area contributed by atoms with Crippen LogP contribution in [0.5, 0.6) is 0 Å². The maximum Gasteiger partial charge on any atom is 0.231 e. The number of hydrogen-bond donors (Lipinski definition) is 2. The monoisotopic (exact) mass is 199 g/mol. The summed E-state index contributed by atoms with van der Waals surface area (Å²) in [5.41, 5.74) is 5.94. The van der Waals surface area contributed by atoms with Gasteiger partial charge in [0.25, 0.3) is 0 Å². The summed E-state index contributed by atoms with van der Waals surface area (Å²) in [6, 6.07) is 0. The van der Waals surface area contributed by atoms with Gasteiger partial charge in [-0.2, -0.15) is 0 Å². The van der Waals surface area contributed by atoms with E-state index in [1.54, 1.807) is 11.3 Å². The van der Waals surface area contributed by atoms with Gasteiger partial charge >= 0.3 is 0 Å². The minimum absolute atomic E-state index is 0.207. The molecular formula is C8H13N3OS. The molecule has 0 bridgehead atoms. The molecule has 0 aliphatic heterocycles. The normalized spacial score (nSPS) is 10.2. The molecule has 0 aliphatic carbocycles. The Morgan fingerprint density at radius 3 is 3.08 bits per heavy atom. The van der Waals surface area contributed by atoms with E-state index in [0.717, 1.165) is 17.1 Å². The molecule has 0 atom stereocenters. The van der Waals surface area contributed by atoms with Crippen LogP contribution in [0.1, 0.15) is 17.6 Å². The summed E-state index contributed by atoms with van der Waals surface area (Å²) in [6.45, 7) is 2.89. The summed E-state index contributed by atoms with van der Waals surface area (Å²) in [7, 11) is 0. The van der Waals surface area contributed by atoms with Crippen LogP contribution in [0, 0.1) is 0 Å². The number of nitrogens with one attached hydrogen (secondary N) is 1. The molecule has 1 amide bonds. The Hall–Kier alpha value is -0.940. The van der Waals surface area contributed by atoms with Gasteiger partial charge in [0, 0.05) is 11.9 Å². The Labute approximate surface area is 81.2 Å². The largest absolute Gasteiger partial charge is 0.369 e. The zero-order chi connectivity index (χ0) is 9.68. The first-order chi connectivity index (χ1) is 6.22. The number of nitrogens with zero attached hydrogens (tertiary/aromatic N) is 1. The van der Waals surface area contributed by atoms with Crippen molar-refractivity contribution in [3.8, 4) is 0 Å². The molecule has 1 rings (SSSR count). The molecule has 1 aromatic rings. The number of aromatic nitrogens is 1. The summed E-state index contributed by atoms with van der Waals surface area (Å²) in [4.78, 5) is 14.7. The van der Waals surface area contributed by atoms with Crippen LogP contribution in [0.4, 0.5) is 0 Å². The molecule has 4 nitrogen and oxygen atoms in total. The van der Waals surface area contributed by atoms with Gasteiger partial charge < -0.3 is 11.1 Å². The van der Waals surface area contributed by atoms with Crippen molar-refractivity contribution in [2.75, 3.05) is 6.54 Å². The number of nitrogens with two attached hydrogens (primary N) is 1. The molecule has 1 aromatic heterocycles. The van der Waals surface area contributed by atoms with Crippen LogP contribution in [0.15, 0.2) is 5.38 Å². The first-order valence-corrected chi connectivity index (χ1v) is 5.02. The number of carbonyl (C=O) groups is 1. The molecule has 72 valence electrons. The summed E-state index contributed by atoms with van der Waals surface area (Å²) in [6.07, 6.45) is 0.959. The molecule has 13 heavy (non-hydrogen) atoms. The highest BCUT2D eigenvalue weighted by molar-refractivity contribution is 7.09. The Bertz CT molecular complexity index is 285. The number of primary amides is 1. The maximum atomic E-state index is 10.4. The number of amides is 1. The average Bonchev–Trinajstić information content (AvgIpc) is 2.52.